The van der Waals surface area contributed by atoms with Gasteiger partial charge < -0.3 is 16.2 Å². The van der Waals surface area contributed by atoms with Crippen molar-refractivity contribution in [3.8, 4) is 0 Å². The first kappa shape index (κ1) is 10.8. The van der Waals surface area contributed by atoms with Crippen LogP contribution in [0.3, 0.4) is 0 Å². The van der Waals surface area contributed by atoms with Crippen LogP contribution in [0.1, 0.15) is 18.9 Å². The molecule has 1 atom stereocenters. The molecule has 0 spiro atoms. The Morgan fingerprint density at radius 3 is 2.86 bits per heavy atom. The Kier molecular flexibility index (Phi) is 3.71. The predicted molar refractivity (Wildman–Crippen MR) is 58.2 cm³/mol. The molecule has 1 aromatic heterocycles. The molecule has 0 aliphatic rings. The molecule has 4 N–H and O–H groups in total. The van der Waals surface area contributed by atoms with Gasteiger partial charge in [-0.25, -0.2) is 4.98 Å². The predicted octanol–water partition coefficient (Wildman–Crippen LogP) is 1.16. The summed E-state index contributed by atoms with van der Waals surface area (Å²) < 4.78 is 0. The second-order valence-electron chi connectivity index (χ2n) is 3.37. The Hall–Kier alpha value is -1.29. The second kappa shape index (κ2) is 4.81. The lowest BCUT2D eigenvalue weighted by molar-refractivity contribution is 0.271. The molecule has 0 amide bonds. The van der Waals surface area contributed by atoms with E-state index in [9.17, 15) is 0 Å². The van der Waals surface area contributed by atoms with Gasteiger partial charge in [0.25, 0.3) is 0 Å². The van der Waals surface area contributed by atoms with Crippen molar-refractivity contribution in [1.29, 1.82) is 0 Å². The highest BCUT2D eigenvalue weighted by atomic mass is 16.3. The summed E-state index contributed by atoms with van der Waals surface area (Å²) >= 11 is 0. The van der Waals surface area contributed by atoms with Gasteiger partial charge >= 0.3 is 0 Å². The summed E-state index contributed by atoms with van der Waals surface area (Å²) in [4.78, 5) is 4.17. The van der Waals surface area contributed by atoms with Crippen molar-refractivity contribution in [3.05, 3.63) is 17.8 Å². The molecule has 0 saturated heterocycles. The normalized spacial score (nSPS) is 12.5. The van der Waals surface area contributed by atoms with Gasteiger partial charge in [0.1, 0.15) is 5.82 Å². The highest BCUT2D eigenvalue weighted by Crippen LogP contribution is 2.15. The zero-order chi connectivity index (χ0) is 10.6. The van der Waals surface area contributed by atoms with Crippen LogP contribution in [0.4, 0.5) is 11.5 Å². The van der Waals surface area contributed by atoms with Crippen LogP contribution in [0.15, 0.2) is 12.3 Å². The Morgan fingerprint density at radius 1 is 1.64 bits per heavy atom. The molecule has 0 bridgehead atoms. The van der Waals surface area contributed by atoms with E-state index in [0.29, 0.717) is 5.69 Å². The van der Waals surface area contributed by atoms with Gasteiger partial charge in [-0.05, 0) is 25.0 Å². The van der Waals surface area contributed by atoms with Crippen molar-refractivity contribution in [2.45, 2.75) is 26.3 Å². The second-order valence-corrected chi connectivity index (χ2v) is 3.37. The van der Waals surface area contributed by atoms with Crippen molar-refractivity contribution in [2.24, 2.45) is 0 Å². The summed E-state index contributed by atoms with van der Waals surface area (Å²) in [5, 5.41) is 12.2. The van der Waals surface area contributed by atoms with Gasteiger partial charge in [-0.1, -0.05) is 6.92 Å². The molecular weight excluding hydrogens is 178 g/mol. The van der Waals surface area contributed by atoms with Gasteiger partial charge in [0, 0.05) is 0 Å². The lowest BCUT2D eigenvalue weighted by Crippen LogP contribution is -2.23. The molecule has 1 rings (SSSR count). The van der Waals surface area contributed by atoms with E-state index >= 15 is 0 Å². The third-order valence-electron chi connectivity index (χ3n) is 2.15. The van der Waals surface area contributed by atoms with Crippen LogP contribution in [-0.4, -0.2) is 22.7 Å². The van der Waals surface area contributed by atoms with Crippen LogP contribution in [-0.2, 0) is 0 Å². The molecule has 4 heteroatoms. The van der Waals surface area contributed by atoms with E-state index in [1.165, 1.54) is 0 Å². The summed E-state index contributed by atoms with van der Waals surface area (Å²) in [5.74, 6) is 0.792. The number of hydrogen-bond donors (Lipinski definition) is 3. The van der Waals surface area contributed by atoms with Gasteiger partial charge in [0.05, 0.1) is 24.5 Å². The van der Waals surface area contributed by atoms with Crippen molar-refractivity contribution >= 4 is 11.5 Å². The molecule has 1 aromatic rings. The minimum Gasteiger partial charge on any atom is -0.397 e. The summed E-state index contributed by atoms with van der Waals surface area (Å²) in [7, 11) is 0. The molecule has 0 saturated carbocycles. The minimum absolute atomic E-state index is 0.0600. The number of nitrogens with zero attached hydrogens (tertiary/aromatic N) is 1. The van der Waals surface area contributed by atoms with Crippen molar-refractivity contribution in [3.63, 3.8) is 0 Å². The van der Waals surface area contributed by atoms with E-state index < -0.39 is 0 Å². The molecule has 1 unspecified atom stereocenters. The Bertz CT molecular complexity index is 297. The minimum atomic E-state index is 0.0600. The maximum atomic E-state index is 9.02. The average Bonchev–Trinajstić information content (AvgIpc) is 2.17. The van der Waals surface area contributed by atoms with Gasteiger partial charge in [0.15, 0.2) is 0 Å². The fraction of sp³-hybridized carbons (Fsp3) is 0.500. The fourth-order valence-electron chi connectivity index (χ4n) is 1.22. The first-order valence-electron chi connectivity index (χ1n) is 4.77. The van der Waals surface area contributed by atoms with E-state index in [2.05, 4.69) is 10.3 Å². The maximum absolute atomic E-state index is 9.02. The highest BCUT2D eigenvalue weighted by molar-refractivity contribution is 5.51. The van der Waals surface area contributed by atoms with Crippen molar-refractivity contribution in [1.82, 2.24) is 4.98 Å². The number of nitrogen functional groups attached to an aromatic ring is 1. The smallest absolute Gasteiger partial charge is 0.129 e. The lowest BCUT2D eigenvalue weighted by atomic mass is 10.2. The van der Waals surface area contributed by atoms with Gasteiger partial charge in [0.2, 0.25) is 0 Å². The number of rotatable bonds is 4. The molecule has 0 aromatic carbocycles. The molecular formula is C10H17N3O. The molecule has 1 heterocycles. The van der Waals surface area contributed by atoms with E-state index in [-0.39, 0.29) is 12.6 Å². The van der Waals surface area contributed by atoms with Crippen LogP contribution in [0.25, 0.3) is 0 Å². The number of hydrogen-bond acceptors (Lipinski definition) is 4. The number of aromatic nitrogens is 1. The molecule has 4 nitrogen and oxygen atoms in total. The Balaban J connectivity index is 2.76. The van der Waals surface area contributed by atoms with Gasteiger partial charge in [-0.15, -0.1) is 0 Å². The number of pyridine rings is 1. The molecule has 0 aliphatic heterocycles. The number of aliphatic hydroxyl groups is 1. The average molecular weight is 195 g/mol. The number of aryl methyl sites for hydroxylation is 1. The fourth-order valence-corrected chi connectivity index (χ4v) is 1.22. The molecule has 78 valence electrons. The lowest BCUT2D eigenvalue weighted by Gasteiger charge is -2.16. The third-order valence-corrected chi connectivity index (χ3v) is 2.15. The van der Waals surface area contributed by atoms with E-state index in [1.54, 1.807) is 6.20 Å². The molecule has 0 radical (unpaired) electrons. The quantitative estimate of drug-likeness (QED) is 0.674. The number of nitrogens with two attached hydrogens (primary N) is 1. The first-order valence-corrected chi connectivity index (χ1v) is 4.77. The summed E-state index contributed by atoms with van der Waals surface area (Å²) in [6.45, 7) is 4.07. The van der Waals surface area contributed by atoms with Crippen LogP contribution in [0.2, 0.25) is 0 Å². The zero-order valence-corrected chi connectivity index (χ0v) is 8.62. The summed E-state index contributed by atoms with van der Waals surface area (Å²) in [5.41, 5.74) is 7.24. The largest absolute Gasteiger partial charge is 0.397 e. The summed E-state index contributed by atoms with van der Waals surface area (Å²) in [6, 6.07) is 1.92. The van der Waals surface area contributed by atoms with Crippen LogP contribution in [0, 0.1) is 6.92 Å². The SMILES string of the molecule is CCC(CO)Nc1ncc(N)cc1C. The van der Waals surface area contributed by atoms with Crippen LogP contribution >= 0.6 is 0 Å². The molecule has 14 heavy (non-hydrogen) atoms. The van der Waals surface area contributed by atoms with E-state index in [1.807, 2.05) is 19.9 Å². The topological polar surface area (TPSA) is 71.2 Å². The van der Waals surface area contributed by atoms with E-state index in [0.717, 1.165) is 17.8 Å². The van der Waals surface area contributed by atoms with Crippen LogP contribution < -0.4 is 11.1 Å². The number of aliphatic hydroxyl groups excluding tert-OH is 1. The Labute approximate surface area is 84.2 Å². The van der Waals surface area contributed by atoms with Crippen molar-refractivity contribution in [2.75, 3.05) is 17.7 Å². The van der Waals surface area contributed by atoms with E-state index in [4.69, 9.17) is 10.8 Å². The standard InChI is InChI=1S/C10H17N3O/c1-3-9(6-14)13-10-7(2)4-8(11)5-12-10/h4-5,9,14H,3,6,11H2,1-2H3,(H,12,13). The van der Waals surface area contributed by atoms with Gasteiger partial charge in [-0.2, -0.15) is 0 Å². The Morgan fingerprint density at radius 2 is 2.36 bits per heavy atom. The summed E-state index contributed by atoms with van der Waals surface area (Å²) in [6.07, 6.45) is 2.47. The highest BCUT2D eigenvalue weighted by Gasteiger charge is 2.06. The van der Waals surface area contributed by atoms with Crippen molar-refractivity contribution < 1.29 is 5.11 Å². The maximum Gasteiger partial charge on any atom is 0.129 e. The van der Waals surface area contributed by atoms with Crippen LogP contribution in [0.5, 0.6) is 0 Å². The number of nitrogens with one attached hydrogen (secondary N) is 1. The third kappa shape index (κ3) is 2.60. The first-order chi connectivity index (χ1) is 6.67. The zero-order valence-electron chi connectivity index (χ0n) is 8.62. The number of anilines is 2. The molecule has 0 aliphatic carbocycles. The monoisotopic (exact) mass is 195 g/mol. The van der Waals surface area contributed by atoms with Gasteiger partial charge in [-0.3, -0.25) is 0 Å². The molecule has 0 fully saturated rings.